The minimum Gasteiger partial charge on any atom is -0.457 e. The Morgan fingerprint density at radius 2 is 1.58 bits per heavy atom. The van der Waals surface area contributed by atoms with Crippen LogP contribution in [0, 0.1) is 11.6 Å². The molecule has 2 aromatic rings. The van der Waals surface area contributed by atoms with E-state index in [9.17, 15) is 8.78 Å². The molecule has 0 radical (unpaired) electrons. The molecule has 2 aromatic carbocycles. The van der Waals surface area contributed by atoms with Crippen LogP contribution < -0.4 is 10.1 Å². The Hall–Kier alpha value is -2.02. The summed E-state index contributed by atoms with van der Waals surface area (Å²) in [5, 5.41) is 3.26. The van der Waals surface area contributed by atoms with Crippen molar-refractivity contribution in [2.45, 2.75) is 6.54 Å². The van der Waals surface area contributed by atoms with Crippen molar-refractivity contribution in [3.63, 3.8) is 0 Å². The maximum absolute atomic E-state index is 13.1. The first kappa shape index (κ1) is 18.3. The Kier molecular flexibility index (Phi) is 7.61. The van der Waals surface area contributed by atoms with Crippen molar-refractivity contribution in [1.29, 1.82) is 0 Å². The average Bonchev–Trinajstić information content (AvgIpc) is 2.54. The van der Waals surface area contributed by atoms with Gasteiger partial charge in [0.15, 0.2) is 0 Å². The molecule has 0 heterocycles. The first-order valence-electron chi connectivity index (χ1n) is 7.67. The van der Waals surface area contributed by atoms with Gasteiger partial charge < -0.3 is 19.5 Å². The minimum absolute atomic E-state index is 0.131. The normalized spacial score (nSPS) is 10.8. The van der Waals surface area contributed by atoms with E-state index in [0.717, 1.165) is 30.3 Å². The molecule has 0 spiro atoms. The van der Waals surface area contributed by atoms with Gasteiger partial charge in [-0.25, -0.2) is 8.78 Å². The highest BCUT2D eigenvalue weighted by atomic mass is 19.1. The van der Waals surface area contributed by atoms with Gasteiger partial charge in [0.25, 0.3) is 0 Å². The molecule has 0 saturated carbocycles. The molecule has 1 N–H and O–H groups in total. The Labute approximate surface area is 140 Å². The van der Waals surface area contributed by atoms with Gasteiger partial charge in [-0.1, -0.05) is 12.1 Å². The van der Waals surface area contributed by atoms with Crippen LogP contribution in [0.15, 0.2) is 42.5 Å². The summed E-state index contributed by atoms with van der Waals surface area (Å²) >= 11 is 0. The van der Waals surface area contributed by atoms with Crippen LogP contribution in [0.3, 0.4) is 0 Å². The van der Waals surface area contributed by atoms with E-state index in [4.69, 9.17) is 14.2 Å². The third-order valence-corrected chi connectivity index (χ3v) is 3.18. The quantitative estimate of drug-likeness (QED) is 0.674. The number of nitrogens with one attached hydrogen (secondary N) is 1. The first-order valence-corrected chi connectivity index (χ1v) is 7.67. The lowest BCUT2D eigenvalue weighted by Crippen LogP contribution is -2.20. The molecule has 0 aliphatic rings. The van der Waals surface area contributed by atoms with Crippen LogP contribution in [0.5, 0.6) is 11.5 Å². The highest BCUT2D eigenvalue weighted by molar-refractivity contribution is 5.33. The molecule has 0 unspecified atom stereocenters. The molecule has 130 valence electrons. The fourth-order valence-electron chi connectivity index (χ4n) is 2.02. The van der Waals surface area contributed by atoms with Crippen LogP contribution in [0.1, 0.15) is 5.56 Å². The number of hydrogen-bond donors (Lipinski definition) is 1. The minimum atomic E-state index is -0.668. The van der Waals surface area contributed by atoms with E-state index < -0.39 is 11.6 Å². The monoisotopic (exact) mass is 337 g/mol. The third-order valence-electron chi connectivity index (χ3n) is 3.18. The summed E-state index contributed by atoms with van der Waals surface area (Å²) in [5.41, 5.74) is 1.07. The molecular weight excluding hydrogens is 316 g/mol. The zero-order chi connectivity index (χ0) is 17.2. The van der Waals surface area contributed by atoms with Gasteiger partial charge in [-0.05, 0) is 17.7 Å². The first-order chi connectivity index (χ1) is 11.7. The fraction of sp³-hybridized carbons (Fsp3) is 0.333. The van der Waals surface area contributed by atoms with Crippen molar-refractivity contribution in [2.24, 2.45) is 0 Å². The Morgan fingerprint density at radius 1 is 0.875 bits per heavy atom. The molecule has 0 aliphatic heterocycles. The second-order valence-electron chi connectivity index (χ2n) is 5.13. The average molecular weight is 337 g/mol. The van der Waals surface area contributed by atoms with E-state index in [2.05, 4.69) is 5.32 Å². The second-order valence-corrected chi connectivity index (χ2v) is 5.13. The van der Waals surface area contributed by atoms with Crippen molar-refractivity contribution < 1.29 is 23.0 Å². The van der Waals surface area contributed by atoms with E-state index >= 15 is 0 Å². The van der Waals surface area contributed by atoms with Crippen molar-refractivity contribution in [3.05, 3.63) is 59.7 Å². The van der Waals surface area contributed by atoms with Gasteiger partial charge in [-0.15, -0.1) is 0 Å². The highest BCUT2D eigenvalue weighted by Gasteiger charge is 2.03. The molecule has 0 amide bonds. The zero-order valence-corrected chi connectivity index (χ0v) is 13.6. The molecule has 2 rings (SSSR count). The lowest BCUT2D eigenvalue weighted by molar-refractivity contribution is 0.0719. The van der Waals surface area contributed by atoms with Gasteiger partial charge in [-0.3, -0.25) is 0 Å². The summed E-state index contributed by atoms with van der Waals surface area (Å²) in [5.74, 6) is -0.685. The number of hydrogen-bond acceptors (Lipinski definition) is 4. The van der Waals surface area contributed by atoms with Gasteiger partial charge in [0.2, 0.25) is 0 Å². The molecule has 0 aromatic heterocycles. The standard InChI is InChI=1S/C18H21F2NO3/c1-22-8-9-23-7-6-21-13-14-2-4-17(5-3-14)24-18-11-15(19)10-16(20)12-18/h2-5,10-12,21H,6-9,13H2,1H3. The topological polar surface area (TPSA) is 39.7 Å². The number of rotatable bonds is 10. The van der Waals surface area contributed by atoms with Crippen LogP contribution in [-0.2, 0) is 16.0 Å². The van der Waals surface area contributed by atoms with Crippen LogP contribution in [-0.4, -0.2) is 33.5 Å². The number of halogens is 2. The van der Waals surface area contributed by atoms with Crippen molar-refractivity contribution >= 4 is 0 Å². The second kappa shape index (κ2) is 9.97. The summed E-state index contributed by atoms with van der Waals surface area (Å²) in [6, 6.07) is 10.4. The van der Waals surface area contributed by atoms with E-state index in [1.54, 1.807) is 19.2 Å². The van der Waals surface area contributed by atoms with Gasteiger partial charge >= 0.3 is 0 Å². The molecule has 0 saturated heterocycles. The van der Waals surface area contributed by atoms with E-state index in [0.29, 0.717) is 32.1 Å². The highest BCUT2D eigenvalue weighted by Crippen LogP contribution is 2.23. The largest absolute Gasteiger partial charge is 0.457 e. The molecule has 0 atom stereocenters. The Balaban J connectivity index is 1.74. The summed E-state index contributed by atoms with van der Waals surface area (Å²) in [6.07, 6.45) is 0. The zero-order valence-electron chi connectivity index (χ0n) is 13.6. The summed E-state index contributed by atoms with van der Waals surface area (Å²) < 4.78 is 41.9. The van der Waals surface area contributed by atoms with Crippen molar-refractivity contribution in [2.75, 3.05) is 33.5 Å². The van der Waals surface area contributed by atoms with Crippen LogP contribution >= 0.6 is 0 Å². The van der Waals surface area contributed by atoms with Crippen LogP contribution in [0.25, 0.3) is 0 Å². The van der Waals surface area contributed by atoms with Crippen molar-refractivity contribution in [3.8, 4) is 11.5 Å². The smallest absolute Gasteiger partial charge is 0.133 e. The van der Waals surface area contributed by atoms with Crippen molar-refractivity contribution in [1.82, 2.24) is 5.32 Å². The Bertz CT molecular complexity index is 600. The predicted molar refractivity (Wildman–Crippen MR) is 87.3 cm³/mol. The Morgan fingerprint density at radius 3 is 2.25 bits per heavy atom. The van der Waals surface area contributed by atoms with Gasteiger partial charge in [0, 0.05) is 38.4 Å². The maximum Gasteiger partial charge on any atom is 0.133 e. The van der Waals surface area contributed by atoms with E-state index in [1.807, 2.05) is 12.1 Å². The van der Waals surface area contributed by atoms with Crippen LogP contribution in [0.4, 0.5) is 8.78 Å². The SMILES string of the molecule is COCCOCCNCc1ccc(Oc2cc(F)cc(F)c2)cc1. The summed E-state index contributed by atoms with van der Waals surface area (Å²) in [4.78, 5) is 0. The molecule has 0 bridgehead atoms. The molecule has 0 fully saturated rings. The molecule has 4 nitrogen and oxygen atoms in total. The lowest BCUT2D eigenvalue weighted by atomic mass is 10.2. The van der Waals surface area contributed by atoms with Gasteiger partial charge in [-0.2, -0.15) is 0 Å². The van der Waals surface area contributed by atoms with Crippen LogP contribution in [0.2, 0.25) is 0 Å². The molecular formula is C18H21F2NO3. The molecule has 6 heteroatoms. The summed E-state index contributed by atoms with van der Waals surface area (Å²) in [6.45, 7) is 3.24. The maximum atomic E-state index is 13.1. The van der Waals surface area contributed by atoms with Gasteiger partial charge in [0.1, 0.15) is 23.1 Å². The fourth-order valence-corrected chi connectivity index (χ4v) is 2.02. The number of ether oxygens (including phenoxy) is 3. The lowest BCUT2D eigenvalue weighted by Gasteiger charge is -2.08. The summed E-state index contributed by atoms with van der Waals surface area (Å²) in [7, 11) is 1.64. The molecule has 0 aliphatic carbocycles. The molecule has 24 heavy (non-hydrogen) atoms. The number of methoxy groups -OCH3 is 1. The van der Waals surface area contributed by atoms with E-state index in [-0.39, 0.29) is 5.75 Å². The number of benzene rings is 2. The third kappa shape index (κ3) is 6.62. The van der Waals surface area contributed by atoms with Gasteiger partial charge in [0.05, 0.1) is 19.8 Å². The predicted octanol–water partition coefficient (Wildman–Crippen LogP) is 3.51. The van der Waals surface area contributed by atoms with E-state index in [1.165, 1.54) is 0 Å².